The fraction of sp³-hybridized carbons (Fsp3) is 0.596. The summed E-state index contributed by atoms with van der Waals surface area (Å²) in [6.07, 6.45) is 18.3. The van der Waals surface area contributed by atoms with Crippen LogP contribution in [0.2, 0.25) is 0 Å². The third-order valence-electron chi connectivity index (χ3n) is 11.5. The maximum absolute atomic E-state index is 12.6. The Bertz CT molecular complexity index is 1450. The lowest BCUT2D eigenvalue weighted by atomic mass is 9.80. The van der Waals surface area contributed by atoms with Gasteiger partial charge in [-0.05, 0) is 66.1 Å². The van der Waals surface area contributed by atoms with Crippen LogP contribution in [0.4, 0.5) is 0 Å². The first kappa shape index (κ1) is 42.7. The Labute approximate surface area is 330 Å². The van der Waals surface area contributed by atoms with Gasteiger partial charge in [0.05, 0.1) is 26.9 Å². The largest absolute Gasteiger partial charge is 0.497 e. The first-order valence-corrected chi connectivity index (χ1v) is 21.1. The van der Waals surface area contributed by atoms with Gasteiger partial charge >= 0.3 is 0 Å². The Hall–Kier alpha value is -3.43. The molecule has 1 saturated heterocycles. The quantitative estimate of drug-likeness (QED) is 0.0591. The monoisotopic (exact) mass is 757 g/mol. The third-order valence-corrected chi connectivity index (χ3v) is 11.5. The van der Waals surface area contributed by atoms with Gasteiger partial charge in [0.1, 0.15) is 35.4 Å². The fourth-order valence-electron chi connectivity index (χ4n) is 8.09. The summed E-state index contributed by atoms with van der Waals surface area (Å²) >= 11 is 0. The fourth-order valence-corrected chi connectivity index (χ4v) is 8.09. The normalized spacial score (nSPS) is 19.7. The predicted octanol–water partition coefficient (Wildman–Crippen LogP) is 9.53. The highest BCUT2D eigenvalue weighted by atomic mass is 16.6. The molecule has 1 saturated carbocycles. The lowest BCUT2D eigenvalue weighted by molar-refractivity contribution is -0.121. The number of hydrogen-bond donors (Lipinski definition) is 2. The van der Waals surface area contributed by atoms with E-state index < -0.39 is 23.9 Å². The van der Waals surface area contributed by atoms with Crippen LogP contribution in [-0.2, 0) is 24.6 Å². The maximum atomic E-state index is 12.6. The van der Waals surface area contributed by atoms with E-state index in [1.807, 2.05) is 66.7 Å². The lowest BCUT2D eigenvalue weighted by Gasteiger charge is -2.37. The zero-order valence-electron chi connectivity index (χ0n) is 33.7. The molecule has 55 heavy (non-hydrogen) atoms. The summed E-state index contributed by atoms with van der Waals surface area (Å²) in [5.41, 5.74) is 1.72. The van der Waals surface area contributed by atoms with Gasteiger partial charge in [0.25, 0.3) is 0 Å². The van der Waals surface area contributed by atoms with Crippen LogP contribution in [0.3, 0.4) is 0 Å². The van der Waals surface area contributed by atoms with E-state index in [9.17, 15) is 9.90 Å². The lowest BCUT2D eigenvalue weighted by Crippen LogP contribution is -2.40. The third kappa shape index (κ3) is 12.8. The Balaban J connectivity index is 1.06. The highest BCUT2D eigenvalue weighted by Gasteiger charge is 2.46. The molecular weight excluding hydrogens is 691 g/mol. The number of amides is 1. The van der Waals surface area contributed by atoms with Crippen molar-refractivity contribution in [1.29, 1.82) is 0 Å². The second-order valence-electron chi connectivity index (χ2n) is 15.6. The smallest absolute Gasteiger partial charge is 0.219 e. The number of aliphatic hydroxyl groups excluding tert-OH is 1. The summed E-state index contributed by atoms with van der Waals surface area (Å²) < 4.78 is 30.2. The molecule has 0 unspecified atom stereocenters. The van der Waals surface area contributed by atoms with Crippen molar-refractivity contribution in [2.24, 2.45) is 5.92 Å². The zero-order chi connectivity index (χ0) is 38.7. The van der Waals surface area contributed by atoms with Crippen molar-refractivity contribution in [1.82, 2.24) is 5.32 Å². The molecule has 8 nitrogen and oxygen atoms in total. The number of carbonyl (C=O) groups excluding carboxylic acids is 1. The van der Waals surface area contributed by atoms with Gasteiger partial charge in [0.15, 0.2) is 0 Å². The molecule has 2 aliphatic rings. The Morgan fingerprint density at radius 1 is 0.673 bits per heavy atom. The summed E-state index contributed by atoms with van der Waals surface area (Å²) in [6, 6.07) is 25.8. The van der Waals surface area contributed by atoms with Crippen molar-refractivity contribution in [2.45, 2.75) is 139 Å². The highest BCUT2D eigenvalue weighted by molar-refractivity contribution is 5.75. The molecule has 4 atom stereocenters. The first-order valence-electron chi connectivity index (χ1n) is 21.1. The molecule has 2 fully saturated rings. The van der Waals surface area contributed by atoms with Crippen molar-refractivity contribution in [2.75, 3.05) is 34.5 Å². The van der Waals surface area contributed by atoms with Gasteiger partial charge in [-0.2, -0.15) is 0 Å². The van der Waals surface area contributed by atoms with Crippen molar-refractivity contribution in [3.63, 3.8) is 0 Å². The molecular formula is C47H67NO7. The summed E-state index contributed by atoms with van der Waals surface area (Å²) in [6.45, 7) is 0.681. The van der Waals surface area contributed by atoms with Gasteiger partial charge in [0, 0.05) is 20.1 Å². The average Bonchev–Trinajstić information content (AvgIpc) is 4.01. The number of ether oxygens (including phenoxy) is 5. The molecule has 302 valence electrons. The standard InChI is InChI=1S/C47H67NO7/c1-51-40-30-26-38(27-31-40)47(37-20-15-13-16-21-37,39-28-32-41(52-2)33-29-39)54-35-43-45(50)46(53-3)42(55-43)22-18-34-48-44(49)23-17-12-10-8-6-4-5-7-9-11-14-19-36-24-25-36/h13,15-16,20-21,26-33,36,42-43,45-46,50H,4-12,14,17-19,22-25,34-35H2,1-3H3,(H,48,49)/t42-,43+,45+,46-/m0/s1. The molecule has 1 amide bonds. The Morgan fingerprint density at radius 3 is 1.73 bits per heavy atom. The zero-order valence-corrected chi connectivity index (χ0v) is 33.7. The highest BCUT2D eigenvalue weighted by Crippen LogP contribution is 2.42. The van der Waals surface area contributed by atoms with Crippen LogP contribution in [-0.4, -0.2) is 69.9 Å². The first-order chi connectivity index (χ1) is 27.0. The van der Waals surface area contributed by atoms with E-state index in [0.717, 1.165) is 53.4 Å². The minimum absolute atomic E-state index is 0.109. The van der Waals surface area contributed by atoms with E-state index in [2.05, 4.69) is 17.4 Å². The molecule has 2 N–H and O–H groups in total. The molecule has 1 aliphatic heterocycles. The van der Waals surface area contributed by atoms with Crippen LogP contribution in [0.25, 0.3) is 0 Å². The van der Waals surface area contributed by atoms with Crippen molar-refractivity contribution in [3.8, 4) is 11.5 Å². The molecule has 0 bridgehead atoms. The van der Waals surface area contributed by atoms with Crippen molar-refractivity contribution >= 4 is 5.91 Å². The van der Waals surface area contributed by atoms with Gasteiger partial charge in [-0.3, -0.25) is 4.79 Å². The molecule has 1 heterocycles. The van der Waals surface area contributed by atoms with Crippen LogP contribution in [0.15, 0.2) is 78.9 Å². The molecule has 0 radical (unpaired) electrons. The number of carbonyl (C=O) groups is 1. The molecule has 0 spiro atoms. The van der Waals surface area contributed by atoms with E-state index in [0.29, 0.717) is 19.4 Å². The van der Waals surface area contributed by atoms with Gasteiger partial charge in [-0.15, -0.1) is 0 Å². The van der Waals surface area contributed by atoms with E-state index in [1.54, 1.807) is 21.3 Å². The molecule has 3 aromatic carbocycles. The van der Waals surface area contributed by atoms with Crippen LogP contribution in [0, 0.1) is 5.92 Å². The van der Waals surface area contributed by atoms with Gasteiger partial charge in [-0.25, -0.2) is 0 Å². The number of nitrogens with one attached hydrogen (secondary N) is 1. The topological polar surface area (TPSA) is 95.5 Å². The number of aliphatic hydroxyl groups is 1. The molecule has 0 aromatic heterocycles. The number of benzene rings is 3. The molecule has 5 rings (SSSR count). The molecule has 3 aromatic rings. The minimum Gasteiger partial charge on any atom is -0.497 e. The summed E-state index contributed by atoms with van der Waals surface area (Å²) in [5.74, 6) is 2.68. The number of hydrogen-bond acceptors (Lipinski definition) is 7. The molecule has 1 aliphatic carbocycles. The van der Waals surface area contributed by atoms with E-state index in [4.69, 9.17) is 23.7 Å². The summed E-state index contributed by atoms with van der Waals surface area (Å²) in [7, 11) is 4.91. The summed E-state index contributed by atoms with van der Waals surface area (Å²) in [5, 5.41) is 14.5. The Morgan fingerprint density at radius 2 is 1.20 bits per heavy atom. The maximum Gasteiger partial charge on any atom is 0.219 e. The number of methoxy groups -OCH3 is 3. The van der Waals surface area contributed by atoms with Crippen molar-refractivity contribution in [3.05, 3.63) is 95.6 Å². The van der Waals surface area contributed by atoms with Gasteiger partial charge < -0.3 is 34.1 Å². The Kier molecular flexibility index (Phi) is 17.8. The van der Waals surface area contributed by atoms with Crippen LogP contribution >= 0.6 is 0 Å². The average molecular weight is 758 g/mol. The second kappa shape index (κ2) is 23.0. The number of unbranched alkanes of at least 4 members (excludes halogenated alkanes) is 10. The van der Waals surface area contributed by atoms with E-state index in [1.165, 1.54) is 77.0 Å². The number of rotatable bonds is 27. The van der Waals surface area contributed by atoms with Crippen LogP contribution in [0.5, 0.6) is 11.5 Å². The molecule has 8 heteroatoms. The SMILES string of the molecule is COc1ccc(C(OC[C@H]2O[C@@H](CCCNC(=O)CCCCCCCCCCCCCC3CC3)[C@H](OC)[C@@H]2O)(c2ccccc2)c2ccc(OC)cc2)cc1. The van der Waals surface area contributed by atoms with E-state index >= 15 is 0 Å². The van der Waals surface area contributed by atoms with Crippen LogP contribution in [0.1, 0.15) is 126 Å². The van der Waals surface area contributed by atoms with Crippen molar-refractivity contribution < 1.29 is 33.6 Å². The van der Waals surface area contributed by atoms with Crippen LogP contribution < -0.4 is 14.8 Å². The predicted molar refractivity (Wildman–Crippen MR) is 219 cm³/mol. The van der Waals surface area contributed by atoms with Gasteiger partial charge in [0.2, 0.25) is 5.91 Å². The van der Waals surface area contributed by atoms with E-state index in [-0.39, 0.29) is 18.6 Å². The minimum atomic E-state index is -1.03. The van der Waals surface area contributed by atoms with Gasteiger partial charge in [-0.1, -0.05) is 138 Å². The second-order valence-corrected chi connectivity index (χ2v) is 15.6. The summed E-state index contributed by atoms with van der Waals surface area (Å²) in [4.78, 5) is 12.6.